The van der Waals surface area contributed by atoms with Gasteiger partial charge in [0, 0.05) is 12.3 Å². The summed E-state index contributed by atoms with van der Waals surface area (Å²) in [7, 11) is 1.59. The van der Waals surface area contributed by atoms with E-state index in [-0.39, 0.29) is 5.41 Å². The minimum absolute atomic E-state index is 0.268. The summed E-state index contributed by atoms with van der Waals surface area (Å²) in [6.07, 6.45) is 4.75. The molecular formula is C11H12N2O. The highest BCUT2D eigenvalue weighted by Gasteiger charge is 2.39. The maximum atomic E-state index is 9.14. The van der Waals surface area contributed by atoms with Gasteiger partial charge >= 0.3 is 0 Å². The van der Waals surface area contributed by atoms with E-state index < -0.39 is 0 Å². The van der Waals surface area contributed by atoms with Crippen LogP contribution in [0.15, 0.2) is 18.3 Å². The fraction of sp³-hybridized carbons (Fsp3) is 0.455. The number of hydrogen-bond acceptors (Lipinski definition) is 3. The predicted molar refractivity (Wildman–Crippen MR) is 51.9 cm³/mol. The molecule has 14 heavy (non-hydrogen) atoms. The van der Waals surface area contributed by atoms with Crippen LogP contribution in [-0.2, 0) is 5.41 Å². The molecule has 0 spiro atoms. The molecule has 72 valence electrons. The maximum Gasteiger partial charge on any atom is 0.213 e. The molecule has 1 heterocycles. The van der Waals surface area contributed by atoms with Crippen LogP contribution in [0.3, 0.4) is 0 Å². The minimum atomic E-state index is -0.268. The molecule has 1 aliphatic carbocycles. The molecule has 0 aliphatic heterocycles. The molecule has 3 nitrogen and oxygen atoms in total. The van der Waals surface area contributed by atoms with Gasteiger partial charge in [-0.3, -0.25) is 0 Å². The Labute approximate surface area is 83.3 Å². The van der Waals surface area contributed by atoms with Gasteiger partial charge in [-0.2, -0.15) is 5.26 Å². The van der Waals surface area contributed by atoms with E-state index in [0.717, 1.165) is 24.8 Å². The quantitative estimate of drug-likeness (QED) is 0.713. The smallest absolute Gasteiger partial charge is 0.213 e. The molecule has 1 saturated carbocycles. The Hall–Kier alpha value is -1.56. The van der Waals surface area contributed by atoms with Crippen LogP contribution < -0.4 is 4.74 Å². The molecular weight excluding hydrogens is 176 g/mol. The highest BCUT2D eigenvalue weighted by atomic mass is 16.5. The molecule has 0 atom stereocenters. The standard InChI is InChI=1S/C11H12N2O/c1-14-10-7-9(3-6-13-10)11(8-12)4-2-5-11/h3,6-7H,2,4-5H2,1H3. The number of hydrogen-bond donors (Lipinski definition) is 0. The summed E-state index contributed by atoms with van der Waals surface area (Å²) < 4.78 is 5.04. The molecule has 2 rings (SSSR count). The van der Waals surface area contributed by atoms with Crippen LogP contribution in [0.2, 0.25) is 0 Å². The lowest BCUT2D eigenvalue weighted by atomic mass is 9.66. The number of rotatable bonds is 2. The highest BCUT2D eigenvalue weighted by Crippen LogP contribution is 2.43. The molecule has 0 bridgehead atoms. The molecule has 0 N–H and O–H groups in total. The van der Waals surface area contributed by atoms with Crippen LogP contribution in [0, 0.1) is 11.3 Å². The van der Waals surface area contributed by atoms with Gasteiger partial charge in [0.2, 0.25) is 5.88 Å². The van der Waals surface area contributed by atoms with Crippen molar-refractivity contribution in [3.63, 3.8) is 0 Å². The second kappa shape index (κ2) is 3.30. The third kappa shape index (κ3) is 1.24. The fourth-order valence-corrected chi connectivity index (χ4v) is 1.81. The molecule has 3 heteroatoms. The van der Waals surface area contributed by atoms with E-state index in [4.69, 9.17) is 10.00 Å². The van der Waals surface area contributed by atoms with Gasteiger partial charge in [-0.05, 0) is 30.9 Å². The Morgan fingerprint density at radius 3 is 2.86 bits per heavy atom. The van der Waals surface area contributed by atoms with Crippen molar-refractivity contribution in [1.29, 1.82) is 5.26 Å². The van der Waals surface area contributed by atoms with Crippen LogP contribution in [0.5, 0.6) is 5.88 Å². The molecule has 1 aliphatic rings. The number of ether oxygens (including phenoxy) is 1. The topological polar surface area (TPSA) is 45.9 Å². The first-order valence-corrected chi connectivity index (χ1v) is 4.72. The van der Waals surface area contributed by atoms with Gasteiger partial charge in [-0.25, -0.2) is 4.98 Å². The second-order valence-corrected chi connectivity index (χ2v) is 3.63. The second-order valence-electron chi connectivity index (χ2n) is 3.63. The van der Waals surface area contributed by atoms with Gasteiger partial charge in [-0.15, -0.1) is 0 Å². The van der Waals surface area contributed by atoms with Crippen molar-refractivity contribution in [3.8, 4) is 11.9 Å². The first-order valence-electron chi connectivity index (χ1n) is 4.72. The van der Waals surface area contributed by atoms with Crippen LogP contribution in [0.1, 0.15) is 24.8 Å². The molecule has 0 aromatic carbocycles. The lowest BCUT2D eigenvalue weighted by Gasteiger charge is -2.35. The number of nitriles is 1. The summed E-state index contributed by atoms with van der Waals surface area (Å²) >= 11 is 0. The third-order valence-corrected chi connectivity index (χ3v) is 2.92. The van der Waals surface area contributed by atoms with E-state index in [9.17, 15) is 0 Å². The first-order chi connectivity index (χ1) is 6.80. The summed E-state index contributed by atoms with van der Waals surface area (Å²) in [6, 6.07) is 6.17. The lowest BCUT2D eigenvalue weighted by molar-refractivity contribution is 0.321. The molecule has 1 aromatic rings. The van der Waals surface area contributed by atoms with Crippen molar-refractivity contribution in [3.05, 3.63) is 23.9 Å². The molecule has 0 amide bonds. The Bertz CT molecular complexity index is 377. The summed E-state index contributed by atoms with van der Waals surface area (Å²) in [5.74, 6) is 0.587. The molecule has 1 aromatic heterocycles. The molecule has 0 radical (unpaired) electrons. The molecule has 0 unspecified atom stereocenters. The highest BCUT2D eigenvalue weighted by molar-refractivity contribution is 5.36. The average molecular weight is 188 g/mol. The number of methoxy groups -OCH3 is 1. The lowest BCUT2D eigenvalue weighted by Crippen LogP contribution is -2.32. The number of nitrogens with zero attached hydrogens (tertiary/aromatic N) is 2. The Morgan fingerprint density at radius 2 is 2.36 bits per heavy atom. The fourth-order valence-electron chi connectivity index (χ4n) is 1.81. The van der Waals surface area contributed by atoms with E-state index in [2.05, 4.69) is 11.1 Å². The zero-order valence-electron chi connectivity index (χ0n) is 8.16. The van der Waals surface area contributed by atoms with Crippen molar-refractivity contribution in [2.24, 2.45) is 0 Å². The maximum absolute atomic E-state index is 9.14. The van der Waals surface area contributed by atoms with Crippen LogP contribution in [0.4, 0.5) is 0 Å². The summed E-state index contributed by atoms with van der Waals surface area (Å²) in [6.45, 7) is 0. The normalized spacial score (nSPS) is 18.0. The van der Waals surface area contributed by atoms with Crippen molar-refractivity contribution in [2.75, 3.05) is 7.11 Å². The minimum Gasteiger partial charge on any atom is -0.481 e. The van der Waals surface area contributed by atoms with E-state index in [1.54, 1.807) is 13.3 Å². The van der Waals surface area contributed by atoms with Crippen molar-refractivity contribution in [2.45, 2.75) is 24.7 Å². The first kappa shape index (κ1) is 9.01. The van der Waals surface area contributed by atoms with Crippen LogP contribution >= 0.6 is 0 Å². The Morgan fingerprint density at radius 1 is 1.57 bits per heavy atom. The van der Waals surface area contributed by atoms with E-state index in [1.165, 1.54) is 0 Å². The van der Waals surface area contributed by atoms with Crippen LogP contribution in [0.25, 0.3) is 0 Å². The zero-order valence-corrected chi connectivity index (χ0v) is 8.16. The third-order valence-electron chi connectivity index (χ3n) is 2.92. The van der Waals surface area contributed by atoms with E-state index >= 15 is 0 Å². The van der Waals surface area contributed by atoms with Gasteiger partial charge in [0.25, 0.3) is 0 Å². The average Bonchev–Trinajstić information content (AvgIpc) is 2.18. The molecule has 1 fully saturated rings. The van der Waals surface area contributed by atoms with E-state index in [1.807, 2.05) is 12.1 Å². The largest absolute Gasteiger partial charge is 0.481 e. The number of pyridine rings is 1. The molecule has 0 saturated heterocycles. The summed E-state index contributed by atoms with van der Waals surface area (Å²) in [4.78, 5) is 4.03. The monoisotopic (exact) mass is 188 g/mol. The SMILES string of the molecule is COc1cc(C2(C#N)CCC2)ccn1. The van der Waals surface area contributed by atoms with Gasteiger partial charge in [0.05, 0.1) is 18.6 Å². The zero-order chi connectivity index (χ0) is 10.0. The Balaban J connectivity index is 2.36. The summed E-state index contributed by atoms with van der Waals surface area (Å²) in [5.41, 5.74) is 0.772. The van der Waals surface area contributed by atoms with Gasteiger partial charge in [-0.1, -0.05) is 0 Å². The van der Waals surface area contributed by atoms with Gasteiger partial charge in [0.1, 0.15) is 0 Å². The van der Waals surface area contributed by atoms with E-state index in [0.29, 0.717) is 5.88 Å². The van der Waals surface area contributed by atoms with Crippen molar-refractivity contribution >= 4 is 0 Å². The van der Waals surface area contributed by atoms with Gasteiger partial charge < -0.3 is 4.74 Å². The van der Waals surface area contributed by atoms with Crippen LogP contribution in [-0.4, -0.2) is 12.1 Å². The number of aromatic nitrogens is 1. The van der Waals surface area contributed by atoms with Crippen molar-refractivity contribution in [1.82, 2.24) is 4.98 Å². The summed E-state index contributed by atoms with van der Waals surface area (Å²) in [5, 5.41) is 9.14. The van der Waals surface area contributed by atoms with Gasteiger partial charge in [0.15, 0.2) is 0 Å². The predicted octanol–water partition coefficient (Wildman–Crippen LogP) is 2.04. The van der Waals surface area contributed by atoms with Crippen molar-refractivity contribution < 1.29 is 4.74 Å². The Kier molecular flexibility index (Phi) is 2.12.